The van der Waals surface area contributed by atoms with Gasteiger partial charge in [0.25, 0.3) is 0 Å². The number of nitrogen functional groups attached to an aromatic ring is 1. The van der Waals surface area contributed by atoms with E-state index in [0.717, 1.165) is 6.07 Å². The lowest BCUT2D eigenvalue weighted by molar-refractivity contribution is -0.136. The molecule has 21 heavy (non-hydrogen) atoms. The number of carbonyl (C=O) groups is 1. The molecule has 0 bridgehead atoms. The van der Waals surface area contributed by atoms with E-state index in [1.165, 1.54) is 36.4 Å². The number of nitrogens with one attached hydrogen (secondary N) is 1. The number of benzene rings is 2. The van der Waals surface area contributed by atoms with Gasteiger partial charge in [0.15, 0.2) is 0 Å². The summed E-state index contributed by atoms with van der Waals surface area (Å²) in [7, 11) is 0. The molecule has 2 aromatic rings. The number of carboxylic acids is 1. The maximum Gasteiger partial charge on any atom is 0.418 e. The molecule has 0 aliphatic heterocycles. The molecule has 0 atom stereocenters. The second kappa shape index (κ2) is 5.35. The minimum Gasteiger partial charge on any atom is -0.478 e. The van der Waals surface area contributed by atoms with Crippen LogP contribution in [0.1, 0.15) is 15.9 Å². The average molecular weight is 296 g/mol. The van der Waals surface area contributed by atoms with Crippen LogP contribution in [-0.4, -0.2) is 11.1 Å². The van der Waals surface area contributed by atoms with Crippen LogP contribution in [0.15, 0.2) is 42.5 Å². The van der Waals surface area contributed by atoms with E-state index in [-0.39, 0.29) is 22.6 Å². The molecule has 0 aliphatic rings. The van der Waals surface area contributed by atoms with Crippen LogP contribution in [-0.2, 0) is 6.18 Å². The molecule has 0 saturated heterocycles. The van der Waals surface area contributed by atoms with Gasteiger partial charge in [-0.1, -0.05) is 12.1 Å². The highest BCUT2D eigenvalue weighted by atomic mass is 19.4. The van der Waals surface area contributed by atoms with Crippen molar-refractivity contribution >= 4 is 23.0 Å². The summed E-state index contributed by atoms with van der Waals surface area (Å²) >= 11 is 0. The van der Waals surface area contributed by atoms with Crippen molar-refractivity contribution in [3.63, 3.8) is 0 Å². The van der Waals surface area contributed by atoms with E-state index in [4.69, 9.17) is 10.8 Å². The first-order valence-corrected chi connectivity index (χ1v) is 5.85. The number of nitrogens with two attached hydrogens (primary N) is 1. The predicted octanol–water partition coefficient (Wildman–Crippen LogP) is 3.73. The minimum atomic E-state index is -4.49. The zero-order valence-electron chi connectivity index (χ0n) is 10.6. The molecule has 0 heterocycles. The van der Waals surface area contributed by atoms with E-state index < -0.39 is 17.7 Å². The number of para-hydroxylation sites is 1. The van der Waals surface area contributed by atoms with Gasteiger partial charge < -0.3 is 16.2 Å². The molecule has 2 aromatic carbocycles. The van der Waals surface area contributed by atoms with Crippen LogP contribution >= 0.6 is 0 Å². The van der Waals surface area contributed by atoms with E-state index >= 15 is 0 Å². The van der Waals surface area contributed by atoms with Gasteiger partial charge >= 0.3 is 12.1 Å². The van der Waals surface area contributed by atoms with Crippen molar-refractivity contribution < 1.29 is 23.1 Å². The van der Waals surface area contributed by atoms with Crippen LogP contribution in [0.4, 0.5) is 30.2 Å². The normalized spacial score (nSPS) is 11.2. The summed E-state index contributed by atoms with van der Waals surface area (Å²) in [6.45, 7) is 0. The van der Waals surface area contributed by atoms with Crippen molar-refractivity contribution in [1.82, 2.24) is 0 Å². The highest BCUT2D eigenvalue weighted by Gasteiger charge is 2.33. The van der Waals surface area contributed by atoms with Crippen molar-refractivity contribution in [2.45, 2.75) is 6.18 Å². The van der Waals surface area contributed by atoms with E-state index in [0.29, 0.717) is 0 Å². The Labute approximate surface area is 118 Å². The van der Waals surface area contributed by atoms with E-state index in [9.17, 15) is 18.0 Å². The molecule has 0 aliphatic carbocycles. The van der Waals surface area contributed by atoms with Crippen LogP contribution in [0.2, 0.25) is 0 Å². The Morgan fingerprint density at radius 1 is 1.14 bits per heavy atom. The van der Waals surface area contributed by atoms with Crippen LogP contribution < -0.4 is 11.1 Å². The minimum absolute atomic E-state index is 0.0306. The van der Waals surface area contributed by atoms with E-state index in [1.54, 1.807) is 0 Å². The lowest BCUT2D eigenvalue weighted by atomic mass is 10.1. The van der Waals surface area contributed by atoms with Gasteiger partial charge in [-0.2, -0.15) is 13.2 Å². The van der Waals surface area contributed by atoms with Crippen molar-refractivity contribution in [2.75, 3.05) is 11.1 Å². The smallest absolute Gasteiger partial charge is 0.418 e. The first kappa shape index (κ1) is 14.7. The molecule has 110 valence electrons. The predicted molar refractivity (Wildman–Crippen MR) is 72.5 cm³/mol. The maximum atomic E-state index is 12.9. The number of alkyl halides is 3. The second-order valence-corrected chi connectivity index (χ2v) is 4.28. The largest absolute Gasteiger partial charge is 0.478 e. The lowest BCUT2D eigenvalue weighted by Crippen LogP contribution is -2.09. The van der Waals surface area contributed by atoms with Crippen LogP contribution in [0.3, 0.4) is 0 Å². The fourth-order valence-corrected chi connectivity index (χ4v) is 1.83. The van der Waals surface area contributed by atoms with Crippen molar-refractivity contribution in [3.05, 3.63) is 53.6 Å². The molecule has 0 amide bonds. The third kappa shape index (κ3) is 3.25. The average Bonchev–Trinajstić information content (AvgIpc) is 2.37. The fourth-order valence-electron chi connectivity index (χ4n) is 1.83. The van der Waals surface area contributed by atoms with Gasteiger partial charge in [-0.25, -0.2) is 4.79 Å². The summed E-state index contributed by atoms with van der Waals surface area (Å²) in [5, 5.41) is 11.4. The Hall–Kier alpha value is -2.70. The SMILES string of the molecule is Nc1cc(Nc2ccccc2C(F)(F)F)ccc1C(=O)O. The van der Waals surface area contributed by atoms with Gasteiger partial charge in [0, 0.05) is 11.4 Å². The molecule has 0 fully saturated rings. The van der Waals surface area contributed by atoms with Gasteiger partial charge in [-0.15, -0.1) is 0 Å². The maximum absolute atomic E-state index is 12.9. The topological polar surface area (TPSA) is 75.3 Å². The highest BCUT2D eigenvalue weighted by molar-refractivity contribution is 5.94. The number of aromatic carboxylic acids is 1. The molecule has 4 nitrogen and oxygen atoms in total. The Morgan fingerprint density at radius 2 is 1.81 bits per heavy atom. The lowest BCUT2D eigenvalue weighted by Gasteiger charge is -2.15. The van der Waals surface area contributed by atoms with E-state index in [2.05, 4.69) is 5.32 Å². The third-order valence-electron chi connectivity index (χ3n) is 2.79. The van der Waals surface area contributed by atoms with Crippen molar-refractivity contribution in [2.24, 2.45) is 0 Å². The molecule has 4 N–H and O–H groups in total. The Balaban J connectivity index is 2.35. The van der Waals surface area contributed by atoms with Gasteiger partial charge in [0.1, 0.15) is 0 Å². The quantitative estimate of drug-likeness (QED) is 0.754. The number of halogens is 3. The summed E-state index contributed by atoms with van der Waals surface area (Å²) < 4.78 is 38.6. The molecule has 2 rings (SSSR count). The zero-order chi connectivity index (χ0) is 15.6. The first-order valence-electron chi connectivity index (χ1n) is 5.85. The number of hydrogen-bond acceptors (Lipinski definition) is 3. The zero-order valence-corrected chi connectivity index (χ0v) is 10.6. The summed E-state index contributed by atoms with van der Waals surface area (Å²) in [6, 6.07) is 8.85. The molecular formula is C14H11F3N2O2. The van der Waals surface area contributed by atoms with Gasteiger partial charge in [0.05, 0.1) is 16.8 Å². The molecule has 0 aromatic heterocycles. The Kier molecular flexibility index (Phi) is 3.75. The molecule has 0 saturated carbocycles. The number of carboxylic acid groups (broad SMARTS) is 1. The number of anilines is 3. The number of rotatable bonds is 3. The fraction of sp³-hybridized carbons (Fsp3) is 0.0714. The molecule has 7 heteroatoms. The van der Waals surface area contributed by atoms with Crippen LogP contribution in [0.5, 0.6) is 0 Å². The van der Waals surface area contributed by atoms with E-state index in [1.807, 2.05) is 0 Å². The summed E-state index contributed by atoms with van der Waals surface area (Å²) in [5.74, 6) is -1.20. The highest BCUT2D eigenvalue weighted by Crippen LogP contribution is 2.36. The van der Waals surface area contributed by atoms with Gasteiger partial charge in [-0.05, 0) is 30.3 Å². The first-order chi connectivity index (χ1) is 9.79. The Morgan fingerprint density at radius 3 is 2.38 bits per heavy atom. The summed E-state index contributed by atoms with van der Waals surface area (Å²) in [6.07, 6.45) is -4.49. The molecule has 0 unspecified atom stereocenters. The summed E-state index contributed by atoms with van der Waals surface area (Å²) in [5.41, 5.74) is 4.75. The molecule has 0 radical (unpaired) electrons. The van der Waals surface area contributed by atoms with Crippen molar-refractivity contribution in [3.8, 4) is 0 Å². The number of hydrogen-bond donors (Lipinski definition) is 3. The van der Waals surface area contributed by atoms with Gasteiger partial charge in [0.2, 0.25) is 0 Å². The van der Waals surface area contributed by atoms with Crippen LogP contribution in [0, 0.1) is 0 Å². The Bertz CT molecular complexity index is 684. The molecule has 0 spiro atoms. The third-order valence-corrected chi connectivity index (χ3v) is 2.79. The molecular weight excluding hydrogens is 285 g/mol. The monoisotopic (exact) mass is 296 g/mol. The van der Waals surface area contributed by atoms with Crippen molar-refractivity contribution in [1.29, 1.82) is 0 Å². The standard InChI is InChI=1S/C14H11F3N2O2/c15-14(16,17)10-3-1-2-4-12(10)19-8-5-6-9(13(20)21)11(18)7-8/h1-7,19H,18H2,(H,20,21). The second-order valence-electron chi connectivity index (χ2n) is 4.28. The van der Waals surface area contributed by atoms with Crippen LogP contribution in [0.25, 0.3) is 0 Å². The van der Waals surface area contributed by atoms with Gasteiger partial charge in [-0.3, -0.25) is 0 Å². The summed E-state index contributed by atoms with van der Waals surface area (Å²) in [4.78, 5) is 10.8.